The Bertz CT molecular complexity index is 796. The molecule has 0 aliphatic carbocycles. The second-order valence-corrected chi connectivity index (χ2v) is 5.35. The number of hydrogen-bond acceptors (Lipinski definition) is 6. The van der Waals surface area contributed by atoms with E-state index in [-0.39, 0.29) is 0 Å². The molecule has 0 aliphatic heterocycles. The van der Waals surface area contributed by atoms with E-state index in [4.69, 9.17) is 4.74 Å². The lowest BCUT2D eigenvalue weighted by molar-refractivity contribution is 0.306. The van der Waals surface area contributed by atoms with Gasteiger partial charge in [0.25, 0.3) is 0 Å². The van der Waals surface area contributed by atoms with Crippen molar-refractivity contribution in [2.45, 2.75) is 26.2 Å². The van der Waals surface area contributed by atoms with E-state index >= 15 is 0 Å². The number of nitrogens with one attached hydrogen (secondary N) is 1. The predicted octanol–water partition coefficient (Wildman–Crippen LogP) is 3.14. The average molecular weight is 324 g/mol. The summed E-state index contributed by atoms with van der Waals surface area (Å²) in [5.41, 5.74) is 4.56. The maximum atomic E-state index is 5.69. The van der Waals surface area contributed by atoms with Gasteiger partial charge in [-0.15, -0.1) is 15.3 Å². The number of fused-ring (bicyclic) bond motifs is 1. The molecule has 7 heteroatoms. The largest absolute Gasteiger partial charge is 0.494 e. The van der Waals surface area contributed by atoms with Crippen molar-refractivity contribution in [3.05, 3.63) is 48.3 Å². The van der Waals surface area contributed by atoms with Crippen molar-refractivity contribution in [1.82, 2.24) is 19.8 Å². The molecule has 0 aliphatic rings. The van der Waals surface area contributed by atoms with Crippen molar-refractivity contribution in [2.75, 3.05) is 12.0 Å². The summed E-state index contributed by atoms with van der Waals surface area (Å²) in [6, 6.07) is 11.5. The van der Waals surface area contributed by atoms with E-state index in [0.717, 1.165) is 24.3 Å². The highest BCUT2D eigenvalue weighted by atomic mass is 16.5. The molecule has 0 radical (unpaired) electrons. The van der Waals surface area contributed by atoms with Crippen LogP contribution >= 0.6 is 0 Å². The highest BCUT2D eigenvalue weighted by Gasteiger charge is 1.98. The zero-order valence-corrected chi connectivity index (χ0v) is 13.6. The molecule has 0 amide bonds. The Hall–Kier alpha value is -2.96. The minimum Gasteiger partial charge on any atom is -0.494 e. The molecule has 3 rings (SSSR count). The van der Waals surface area contributed by atoms with Gasteiger partial charge in [0.05, 0.1) is 12.8 Å². The van der Waals surface area contributed by atoms with Crippen molar-refractivity contribution in [3.8, 4) is 5.75 Å². The number of anilines is 1. The van der Waals surface area contributed by atoms with Crippen molar-refractivity contribution in [3.63, 3.8) is 0 Å². The standard InChI is InChI=1S/C17H20N6O/c1-2-3-4-11-24-15-7-5-14(6-8-15)12-18-20-16-9-10-17-21-19-13-23(17)22-16/h5-10,12-13H,2-4,11H2,1H3,(H,20,22)/b18-12-. The fraction of sp³-hybridized carbons (Fsp3) is 0.294. The number of rotatable bonds is 8. The molecule has 3 aromatic rings. The molecule has 24 heavy (non-hydrogen) atoms. The molecule has 0 saturated carbocycles. The number of hydrogen-bond donors (Lipinski definition) is 1. The molecular weight excluding hydrogens is 304 g/mol. The third kappa shape index (κ3) is 4.28. The first-order chi connectivity index (χ1) is 11.8. The molecule has 2 heterocycles. The maximum Gasteiger partial charge on any atom is 0.177 e. The number of benzene rings is 1. The first kappa shape index (κ1) is 15.9. The van der Waals surface area contributed by atoms with Crippen LogP contribution < -0.4 is 10.2 Å². The lowest BCUT2D eigenvalue weighted by Crippen LogP contribution is -1.98. The minimum absolute atomic E-state index is 0.620. The van der Waals surface area contributed by atoms with Crippen molar-refractivity contribution in [1.29, 1.82) is 0 Å². The molecule has 7 nitrogen and oxygen atoms in total. The van der Waals surface area contributed by atoms with Crippen LogP contribution in [0.4, 0.5) is 5.82 Å². The Morgan fingerprint density at radius 1 is 1.17 bits per heavy atom. The SMILES string of the molecule is CCCCCOc1ccc(/C=N\Nc2ccc3nncn3n2)cc1. The van der Waals surface area contributed by atoms with Gasteiger partial charge < -0.3 is 4.74 Å². The molecule has 124 valence electrons. The Kier molecular flexibility index (Phi) is 5.34. The summed E-state index contributed by atoms with van der Waals surface area (Å²) in [5.74, 6) is 1.50. The van der Waals surface area contributed by atoms with Gasteiger partial charge in [-0.25, -0.2) is 0 Å². The zero-order chi connectivity index (χ0) is 16.6. The number of nitrogens with zero attached hydrogens (tertiary/aromatic N) is 5. The van der Waals surface area contributed by atoms with Crippen LogP contribution in [0, 0.1) is 0 Å². The lowest BCUT2D eigenvalue weighted by Gasteiger charge is -2.05. The average Bonchev–Trinajstić information content (AvgIpc) is 3.08. The second-order valence-electron chi connectivity index (χ2n) is 5.35. The Labute approximate surface area is 140 Å². The lowest BCUT2D eigenvalue weighted by atomic mass is 10.2. The van der Waals surface area contributed by atoms with E-state index < -0.39 is 0 Å². The van der Waals surface area contributed by atoms with Gasteiger partial charge in [0, 0.05) is 0 Å². The van der Waals surface area contributed by atoms with Gasteiger partial charge in [0.1, 0.15) is 12.1 Å². The molecule has 1 N–H and O–H groups in total. The normalized spacial score (nSPS) is 11.2. The molecule has 0 unspecified atom stereocenters. The molecule has 1 aromatic carbocycles. The van der Waals surface area contributed by atoms with E-state index in [0.29, 0.717) is 11.5 Å². The first-order valence-electron chi connectivity index (χ1n) is 8.04. The van der Waals surface area contributed by atoms with Crippen LogP contribution in [0.15, 0.2) is 47.8 Å². The summed E-state index contributed by atoms with van der Waals surface area (Å²) >= 11 is 0. The summed E-state index contributed by atoms with van der Waals surface area (Å²) in [6.07, 6.45) is 6.77. The van der Waals surface area contributed by atoms with Crippen LogP contribution in [-0.2, 0) is 0 Å². The van der Waals surface area contributed by atoms with Gasteiger partial charge in [-0.05, 0) is 48.4 Å². The summed E-state index contributed by atoms with van der Waals surface area (Å²) in [4.78, 5) is 0. The molecule has 2 aromatic heterocycles. The Balaban J connectivity index is 1.52. The summed E-state index contributed by atoms with van der Waals surface area (Å²) in [5, 5.41) is 16.1. The van der Waals surface area contributed by atoms with Gasteiger partial charge in [-0.1, -0.05) is 19.8 Å². The van der Waals surface area contributed by atoms with Crippen molar-refractivity contribution >= 4 is 17.7 Å². The highest BCUT2D eigenvalue weighted by Crippen LogP contribution is 2.12. The number of aromatic nitrogens is 4. The molecule has 0 atom stereocenters. The molecule has 0 bridgehead atoms. The zero-order valence-electron chi connectivity index (χ0n) is 13.6. The number of hydrazone groups is 1. The van der Waals surface area contributed by atoms with Crippen LogP contribution in [0.2, 0.25) is 0 Å². The van der Waals surface area contributed by atoms with Crippen LogP contribution in [0.3, 0.4) is 0 Å². The van der Waals surface area contributed by atoms with Gasteiger partial charge in [0.15, 0.2) is 11.5 Å². The number of unbranched alkanes of at least 4 members (excludes halogenated alkanes) is 2. The second kappa shape index (κ2) is 8.05. The molecule has 0 spiro atoms. The molecule has 0 saturated heterocycles. The predicted molar refractivity (Wildman–Crippen MR) is 93.5 cm³/mol. The van der Waals surface area contributed by atoms with Gasteiger partial charge in [0.2, 0.25) is 0 Å². The van der Waals surface area contributed by atoms with E-state index in [1.807, 2.05) is 30.3 Å². The van der Waals surface area contributed by atoms with E-state index in [9.17, 15) is 0 Å². The van der Waals surface area contributed by atoms with Gasteiger partial charge in [-0.3, -0.25) is 5.43 Å². The fourth-order valence-corrected chi connectivity index (χ4v) is 2.15. The van der Waals surface area contributed by atoms with Crippen LogP contribution in [0.1, 0.15) is 31.7 Å². The van der Waals surface area contributed by atoms with Gasteiger partial charge in [-0.2, -0.15) is 9.62 Å². The van der Waals surface area contributed by atoms with E-state index in [1.165, 1.54) is 12.8 Å². The minimum atomic E-state index is 0.620. The molecular formula is C17H20N6O. The third-order valence-corrected chi connectivity index (χ3v) is 3.45. The fourth-order valence-electron chi connectivity index (χ4n) is 2.15. The van der Waals surface area contributed by atoms with Crippen LogP contribution in [0.5, 0.6) is 5.75 Å². The monoisotopic (exact) mass is 324 g/mol. The Morgan fingerprint density at radius 2 is 2.04 bits per heavy atom. The molecule has 0 fully saturated rings. The van der Waals surface area contributed by atoms with E-state index in [2.05, 4.69) is 32.7 Å². The van der Waals surface area contributed by atoms with Crippen molar-refractivity contribution < 1.29 is 4.74 Å². The third-order valence-electron chi connectivity index (χ3n) is 3.45. The number of ether oxygens (including phenoxy) is 1. The van der Waals surface area contributed by atoms with Gasteiger partial charge >= 0.3 is 0 Å². The van der Waals surface area contributed by atoms with Crippen LogP contribution in [-0.4, -0.2) is 32.6 Å². The topological polar surface area (TPSA) is 76.7 Å². The first-order valence-corrected chi connectivity index (χ1v) is 8.04. The summed E-state index contributed by atoms with van der Waals surface area (Å²) in [7, 11) is 0. The van der Waals surface area contributed by atoms with Crippen LogP contribution in [0.25, 0.3) is 5.65 Å². The summed E-state index contributed by atoms with van der Waals surface area (Å²) in [6.45, 7) is 2.95. The summed E-state index contributed by atoms with van der Waals surface area (Å²) < 4.78 is 7.27. The quantitative estimate of drug-likeness (QED) is 0.391. The van der Waals surface area contributed by atoms with E-state index in [1.54, 1.807) is 23.1 Å². The maximum absolute atomic E-state index is 5.69. The smallest absolute Gasteiger partial charge is 0.177 e. The highest BCUT2D eigenvalue weighted by molar-refractivity contribution is 5.80. The van der Waals surface area contributed by atoms with Crippen molar-refractivity contribution in [2.24, 2.45) is 5.10 Å². The Morgan fingerprint density at radius 3 is 2.88 bits per heavy atom.